The van der Waals surface area contributed by atoms with Crippen molar-refractivity contribution in [2.45, 2.75) is 20.8 Å². The lowest BCUT2D eigenvalue weighted by molar-refractivity contribution is -0.384. The first-order chi connectivity index (χ1) is 10.6. The fourth-order valence-corrected chi connectivity index (χ4v) is 4.08. The summed E-state index contributed by atoms with van der Waals surface area (Å²) < 4.78 is 23.5. The summed E-state index contributed by atoms with van der Waals surface area (Å²) in [7, 11) is -3.72. The smallest absolute Gasteiger partial charge is 0.304 e. The van der Waals surface area contributed by atoms with E-state index in [9.17, 15) is 19.5 Å². The third-order valence-electron chi connectivity index (χ3n) is 3.29. The molecule has 0 amide bonds. The Bertz CT molecular complexity index is 710. The number of carbonyl (C=O) groups excluding carboxylic acids is 1. The lowest BCUT2D eigenvalue weighted by atomic mass is 9.97. The Morgan fingerprint density at radius 3 is 2.48 bits per heavy atom. The molecule has 1 aromatic rings. The van der Waals surface area contributed by atoms with Crippen LogP contribution in [0, 0.1) is 15.5 Å². The van der Waals surface area contributed by atoms with Crippen molar-refractivity contribution in [2.75, 3.05) is 13.2 Å². The first-order valence-corrected chi connectivity index (χ1v) is 8.54. The Balaban J connectivity index is 2.39. The van der Waals surface area contributed by atoms with Crippen molar-refractivity contribution in [2.24, 2.45) is 5.41 Å². The molecule has 124 valence electrons. The molecule has 0 spiro atoms. The molecule has 2 rings (SSSR count). The number of rotatable bonds is 4. The zero-order valence-corrected chi connectivity index (χ0v) is 14.0. The summed E-state index contributed by atoms with van der Waals surface area (Å²) in [4.78, 5) is 22.2. The zero-order chi connectivity index (χ0) is 17.3. The van der Waals surface area contributed by atoms with Crippen LogP contribution in [0.3, 0.4) is 0 Å². The van der Waals surface area contributed by atoms with Crippen molar-refractivity contribution in [3.05, 3.63) is 45.3 Å². The number of Topliss-reactive ketones (excluding diaryl/α,β-unsaturated/α-hetero) is 1. The van der Waals surface area contributed by atoms with Crippen LogP contribution < -0.4 is 0 Å². The monoisotopic (exact) mass is 339 g/mol. The van der Waals surface area contributed by atoms with E-state index in [2.05, 4.69) is 0 Å². The average molecular weight is 339 g/mol. The minimum Gasteiger partial charge on any atom is -0.304 e. The van der Waals surface area contributed by atoms with Gasteiger partial charge in [-0.05, 0) is 18.6 Å². The number of nitrogens with zero attached hydrogens (tertiary/aromatic N) is 1. The summed E-state index contributed by atoms with van der Waals surface area (Å²) in [6.45, 7) is 5.45. The Morgan fingerprint density at radius 2 is 1.96 bits per heavy atom. The first-order valence-electron chi connectivity index (χ1n) is 7.00. The SMILES string of the molecule is CC(=O)/C(=C\c1cccc([N+](=O)[O-])c1)P1(=O)OCC(C)(C)CO1. The van der Waals surface area contributed by atoms with Crippen LogP contribution in [-0.2, 0) is 18.4 Å². The number of hydrogen-bond acceptors (Lipinski definition) is 6. The van der Waals surface area contributed by atoms with E-state index in [4.69, 9.17) is 9.05 Å². The maximum atomic E-state index is 12.8. The number of non-ortho nitro benzene ring substituents is 1. The Labute approximate surface area is 134 Å². The van der Waals surface area contributed by atoms with Gasteiger partial charge in [0.05, 0.1) is 18.1 Å². The second-order valence-electron chi connectivity index (χ2n) is 6.15. The third kappa shape index (κ3) is 4.13. The maximum absolute atomic E-state index is 12.8. The lowest BCUT2D eigenvalue weighted by Gasteiger charge is -2.34. The highest BCUT2D eigenvalue weighted by Gasteiger charge is 2.41. The van der Waals surface area contributed by atoms with Gasteiger partial charge in [0.2, 0.25) is 0 Å². The molecule has 0 aliphatic carbocycles. The van der Waals surface area contributed by atoms with E-state index in [1.807, 2.05) is 13.8 Å². The number of ketones is 1. The standard InChI is InChI=1S/C15H18NO6P/c1-11(17)14(23(20)21-9-15(2,3)10-22-23)8-12-5-4-6-13(7-12)16(18)19/h4-8H,9-10H2,1-3H3/b14-8+. The second-order valence-corrected chi connectivity index (χ2v) is 8.14. The number of carbonyl (C=O) groups is 1. The summed E-state index contributed by atoms with van der Waals surface area (Å²) in [6, 6.07) is 5.70. The molecule has 0 atom stereocenters. The van der Waals surface area contributed by atoms with E-state index < -0.39 is 18.3 Å². The fourth-order valence-electron chi connectivity index (χ4n) is 2.00. The highest BCUT2D eigenvalue weighted by molar-refractivity contribution is 7.60. The molecule has 1 fully saturated rings. The predicted molar refractivity (Wildman–Crippen MR) is 85.0 cm³/mol. The Hall–Kier alpha value is -1.82. The van der Waals surface area contributed by atoms with E-state index in [0.29, 0.717) is 5.56 Å². The van der Waals surface area contributed by atoms with Crippen LogP contribution in [0.25, 0.3) is 6.08 Å². The third-order valence-corrected chi connectivity index (χ3v) is 5.26. The molecular weight excluding hydrogens is 321 g/mol. The van der Waals surface area contributed by atoms with Crippen molar-refractivity contribution in [1.82, 2.24) is 0 Å². The summed E-state index contributed by atoms with van der Waals surface area (Å²) in [5.41, 5.74) is -0.0235. The van der Waals surface area contributed by atoms with Crippen LogP contribution in [0.15, 0.2) is 29.6 Å². The van der Waals surface area contributed by atoms with Gasteiger partial charge in [-0.1, -0.05) is 26.0 Å². The van der Waals surface area contributed by atoms with Crippen LogP contribution in [0.4, 0.5) is 5.69 Å². The molecule has 0 unspecified atom stereocenters. The van der Waals surface area contributed by atoms with Gasteiger partial charge in [0.15, 0.2) is 5.78 Å². The molecule has 23 heavy (non-hydrogen) atoms. The molecule has 0 saturated carbocycles. The number of hydrogen-bond donors (Lipinski definition) is 0. The summed E-state index contributed by atoms with van der Waals surface area (Å²) >= 11 is 0. The van der Waals surface area contributed by atoms with Crippen molar-refractivity contribution in [3.8, 4) is 0 Å². The van der Waals surface area contributed by atoms with Gasteiger partial charge in [-0.2, -0.15) is 0 Å². The lowest BCUT2D eigenvalue weighted by Crippen LogP contribution is -2.30. The van der Waals surface area contributed by atoms with E-state index in [-0.39, 0.29) is 29.6 Å². The molecular formula is C15H18NO6P. The van der Waals surface area contributed by atoms with Gasteiger partial charge in [-0.15, -0.1) is 0 Å². The van der Waals surface area contributed by atoms with Gasteiger partial charge < -0.3 is 9.05 Å². The van der Waals surface area contributed by atoms with Gasteiger partial charge in [-0.3, -0.25) is 19.5 Å². The number of nitro benzene ring substituents is 1. The van der Waals surface area contributed by atoms with Crippen LogP contribution in [0.5, 0.6) is 0 Å². The highest BCUT2D eigenvalue weighted by Crippen LogP contribution is 2.60. The largest absolute Gasteiger partial charge is 0.364 e. The average Bonchev–Trinajstić information content (AvgIpc) is 2.48. The van der Waals surface area contributed by atoms with Gasteiger partial charge in [0.1, 0.15) is 5.31 Å². The highest BCUT2D eigenvalue weighted by atomic mass is 31.2. The zero-order valence-electron chi connectivity index (χ0n) is 13.1. The molecule has 0 bridgehead atoms. The first kappa shape index (κ1) is 17.5. The van der Waals surface area contributed by atoms with Crippen molar-refractivity contribution < 1.29 is 23.3 Å². The van der Waals surface area contributed by atoms with Gasteiger partial charge in [0.25, 0.3) is 5.69 Å². The van der Waals surface area contributed by atoms with Crippen LogP contribution in [-0.4, -0.2) is 23.9 Å². The summed E-state index contributed by atoms with van der Waals surface area (Å²) in [6.07, 6.45) is 1.33. The van der Waals surface area contributed by atoms with Crippen LogP contribution in [0.1, 0.15) is 26.3 Å². The van der Waals surface area contributed by atoms with E-state index >= 15 is 0 Å². The minimum atomic E-state index is -3.72. The Morgan fingerprint density at radius 1 is 1.35 bits per heavy atom. The molecule has 1 aromatic carbocycles. The fraction of sp³-hybridized carbons (Fsp3) is 0.400. The Kier molecular flexibility index (Phi) is 4.84. The maximum Gasteiger partial charge on any atom is 0.364 e. The van der Waals surface area contributed by atoms with Crippen molar-refractivity contribution >= 4 is 25.1 Å². The molecule has 0 radical (unpaired) electrons. The summed E-state index contributed by atoms with van der Waals surface area (Å²) in [5, 5.41) is 10.7. The van der Waals surface area contributed by atoms with Gasteiger partial charge in [0, 0.05) is 17.5 Å². The minimum absolute atomic E-state index is 0.103. The normalized spacial score (nSPS) is 20.0. The van der Waals surface area contributed by atoms with E-state index in [0.717, 1.165) is 0 Å². The molecule has 7 nitrogen and oxygen atoms in total. The van der Waals surface area contributed by atoms with Crippen molar-refractivity contribution in [1.29, 1.82) is 0 Å². The van der Waals surface area contributed by atoms with Crippen molar-refractivity contribution in [3.63, 3.8) is 0 Å². The molecule has 8 heteroatoms. The van der Waals surface area contributed by atoms with E-state index in [1.54, 1.807) is 6.07 Å². The van der Waals surface area contributed by atoms with Gasteiger partial charge >= 0.3 is 7.60 Å². The summed E-state index contributed by atoms with van der Waals surface area (Å²) in [5.74, 6) is -0.459. The quantitative estimate of drug-likeness (QED) is 0.358. The van der Waals surface area contributed by atoms with Gasteiger partial charge in [-0.25, -0.2) is 0 Å². The molecule has 1 heterocycles. The van der Waals surface area contributed by atoms with E-state index in [1.165, 1.54) is 31.2 Å². The second kappa shape index (κ2) is 6.35. The molecule has 1 saturated heterocycles. The number of allylic oxidation sites excluding steroid dienone is 1. The van der Waals surface area contributed by atoms with Crippen LogP contribution in [0.2, 0.25) is 0 Å². The molecule has 1 aliphatic heterocycles. The number of benzene rings is 1. The topological polar surface area (TPSA) is 95.7 Å². The molecule has 0 N–H and O–H groups in total. The molecule has 1 aliphatic rings. The number of nitro groups is 1. The predicted octanol–water partition coefficient (Wildman–Crippen LogP) is 3.79. The van der Waals surface area contributed by atoms with Crippen LogP contribution >= 0.6 is 7.60 Å². The molecule has 0 aromatic heterocycles.